The lowest BCUT2D eigenvalue weighted by Gasteiger charge is -2.25. The van der Waals surface area contributed by atoms with E-state index in [-0.39, 0.29) is 0 Å². The Morgan fingerprint density at radius 3 is 2.62 bits per heavy atom. The predicted octanol–water partition coefficient (Wildman–Crippen LogP) is 3.35. The number of nitrogens with one attached hydrogen (secondary N) is 1. The van der Waals surface area contributed by atoms with Crippen LogP contribution in [0.1, 0.15) is 70.7 Å². The Bertz CT molecular complexity index is 436. The van der Waals surface area contributed by atoms with E-state index in [0.29, 0.717) is 6.04 Å². The minimum atomic E-state index is 0.413. The summed E-state index contributed by atoms with van der Waals surface area (Å²) in [4.78, 5) is 4.54. The molecule has 2 aliphatic rings. The van der Waals surface area contributed by atoms with Gasteiger partial charge in [-0.25, -0.2) is 9.67 Å². The van der Waals surface area contributed by atoms with Crippen LogP contribution in [0.2, 0.25) is 0 Å². The minimum absolute atomic E-state index is 0.413. The van der Waals surface area contributed by atoms with Crippen molar-refractivity contribution in [1.29, 1.82) is 0 Å². The second-order valence-corrected chi connectivity index (χ2v) is 7.26. The fraction of sp³-hybridized carbons (Fsp3) is 0.882. The van der Waals surface area contributed by atoms with Gasteiger partial charge in [0.25, 0.3) is 0 Å². The van der Waals surface area contributed by atoms with Gasteiger partial charge in [-0.05, 0) is 57.9 Å². The van der Waals surface area contributed by atoms with Crippen molar-refractivity contribution in [3.8, 4) is 0 Å². The van der Waals surface area contributed by atoms with Gasteiger partial charge in [0.15, 0.2) is 0 Å². The summed E-state index contributed by atoms with van der Waals surface area (Å²) in [5, 5.41) is 8.16. The molecule has 4 nitrogen and oxygen atoms in total. The Hall–Kier alpha value is -0.900. The first-order chi connectivity index (χ1) is 10.2. The first kappa shape index (κ1) is 15.0. The fourth-order valence-corrected chi connectivity index (χ4v) is 3.69. The molecule has 2 fully saturated rings. The zero-order valence-electron chi connectivity index (χ0n) is 13.6. The Labute approximate surface area is 128 Å². The monoisotopic (exact) mass is 290 g/mol. The maximum atomic E-state index is 4.54. The minimum Gasteiger partial charge on any atom is -0.314 e. The van der Waals surface area contributed by atoms with Crippen LogP contribution in [0.15, 0.2) is 6.33 Å². The van der Waals surface area contributed by atoms with Crippen LogP contribution in [-0.4, -0.2) is 27.4 Å². The van der Waals surface area contributed by atoms with Crippen molar-refractivity contribution < 1.29 is 0 Å². The van der Waals surface area contributed by atoms with Crippen molar-refractivity contribution in [2.24, 2.45) is 11.8 Å². The highest BCUT2D eigenvalue weighted by Gasteiger charge is 2.28. The summed E-state index contributed by atoms with van der Waals surface area (Å²) in [6.07, 6.45) is 12.6. The van der Waals surface area contributed by atoms with Gasteiger partial charge in [-0.15, -0.1) is 0 Å². The van der Waals surface area contributed by atoms with Crippen LogP contribution in [0.3, 0.4) is 0 Å². The number of hydrogen-bond acceptors (Lipinski definition) is 3. The summed E-state index contributed by atoms with van der Waals surface area (Å²) >= 11 is 0. The Balaban J connectivity index is 1.64. The maximum Gasteiger partial charge on any atom is 0.138 e. The van der Waals surface area contributed by atoms with Crippen molar-refractivity contribution in [1.82, 2.24) is 20.1 Å². The molecule has 1 heterocycles. The van der Waals surface area contributed by atoms with Crippen LogP contribution in [0.25, 0.3) is 0 Å². The molecule has 118 valence electrons. The van der Waals surface area contributed by atoms with E-state index in [0.717, 1.165) is 24.3 Å². The molecule has 2 unspecified atom stereocenters. The van der Waals surface area contributed by atoms with Crippen molar-refractivity contribution in [2.75, 3.05) is 6.54 Å². The highest BCUT2D eigenvalue weighted by molar-refractivity contribution is 4.92. The van der Waals surface area contributed by atoms with Gasteiger partial charge in [-0.2, -0.15) is 5.10 Å². The van der Waals surface area contributed by atoms with E-state index in [1.165, 1.54) is 57.3 Å². The summed E-state index contributed by atoms with van der Waals surface area (Å²) in [5.74, 6) is 2.79. The molecule has 0 aromatic carbocycles. The second kappa shape index (κ2) is 6.91. The molecule has 0 radical (unpaired) electrons. The lowest BCUT2D eigenvalue weighted by Crippen LogP contribution is -2.30. The van der Waals surface area contributed by atoms with Gasteiger partial charge in [-0.3, -0.25) is 0 Å². The molecule has 1 aromatic heterocycles. The predicted molar refractivity (Wildman–Crippen MR) is 85.2 cm³/mol. The van der Waals surface area contributed by atoms with E-state index < -0.39 is 0 Å². The molecule has 4 heteroatoms. The molecule has 1 aromatic rings. The topological polar surface area (TPSA) is 42.7 Å². The van der Waals surface area contributed by atoms with E-state index in [1.54, 1.807) is 6.33 Å². The third-order valence-corrected chi connectivity index (χ3v) is 5.14. The zero-order chi connectivity index (χ0) is 14.7. The zero-order valence-corrected chi connectivity index (χ0v) is 13.6. The van der Waals surface area contributed by atoms with Crippen LogP contribution in [0, 0.1) is 11.8 Å². The number of hydrogen-bond donors (Lipinski definition) is 1. The maximum absolute atomic E-state index is 4.54. The van der Waals surface area contributed by atoms with E-state index >= 15 is 0 Å². The summed E-state index contributed by atoms with van der Waals surface area (Å²) in [6, 6.07) is 1.24. The Kier molecular flexibility index (Phi) is 4.94. The molecule has 2 saturated carbocycles. The number of nitrogens with zero attached hydrogens (tertiary/aromatic N) is 3. The highest BCUT2D eigenvalue weighted by Crippen LogP contribution is 2.32. The van der Waals surface area contributed by atoms with Gasteiger partial charge in [0.2, 0.25) is 0 Å². The van der Waals surface area contributed by atoms with Crippen LogP contribution in [0.5, 0.6) is 0 Å². The van der Waals surface area contributed by atoms with Crippen molar-refractivity contribution in [3.05, 3.63) is 12.2 Å². The van der Waals surface area contributed by atoms with E-state index in [9.17, 15) is 0 Å². The summed E-state index contributed by atoms with van der Waals surface area (Å²) < 4.78 is 2.11. The van der Waals surface area contributed by atoms with Gasteiger partial charge < -0.3 is 5.32 Å². The Morgan fingerprint density at radius 2 is 1.90 bits per heavy atom. The van der Waals surface area contributed by atoms with Crippen LogP contribution >= 0.6 is 0 Å². The lowest BCUT2D eigenvalue weighted by molar-refractivity contribution is 0.287. The van der Waals surface area contributed by atoms with Gasteiger partial charge in [0, 0.05) is 18.5 Å². The van der Waals surface area contributed by atoms with Crippen LogP contribution < -0.4 is 5.32 Å². The largest absolute Gasteiger partial charge is 0.314 e. The third-order valence-electron chi connectivity index (χ3n) is 5.14. The van der Waals surface area contributed by atoms with Gasteiger partial charge in [0.05, 0.1) is 0 Å². The van der Waals surface area contributed by atoms with Crippen molar-refractivity contribution >= 4 is 0 Å². The molecule has 0 saturated heterocycles. The van der Waals surface area contributed by atoms with E-state index in [2.05, 4.69) is 33.9 Å². The average molecular weight is 290 g/mol. The van der Waals surface area contributed by atoms with Gasteiger partial charge in [-0.1, -0.05) is 19.3 Å². The Morgan fingerprint density at radius 1 is 1.14 bits per heavy atom. The van der Waals surface area contributed by atoms with Gasteiger partial charge in [0.1, 0.15) is 12.2 Å². The fourth-order valence-electron chi connectivity index (χ4n) is 3.69. The standard InChI is InChI=1S/C17H30N4/c1-13(2)21-17(19-12-20-21)10-14-6-4-3-5-7-15(14)11-18-16-8-9-16/h12-16,18H,3-11H2,1-2H3. The number of rotatable bonds is 6. The van der Waals surface area contributed by atoms with E-state index in [4.69, 9.17) is 0 Å². The van der Waals surface area contributed by atoms with Crippen molar-refractivity contribution in [3.63, 3.8) is 0 Å². The SMILES string of the molecule is CC(C)n1ncnc1CC1CCCCCC1CNC1CC1. The molecule has 3 rings (SSSR count). The average Bonchev–Trinajstić information content (AvgIpc) is 3.20. The summed E-state index contributed by atoms with van der Waals surface area (Å²) in [7, 11) is 0. The van der Waals surface area contributed by atoms with Gasteiger partial charge >= 0.3 is 0 Å². The lowest BCUT2D eigenvalue weighted by atomic mass is 9.85. The summed E-state index contributed by atoms with van der Waals surface area (Å²) in [5.41, 5.74) is 0. The summed E-state index contributed by atoms with van der Waals surface area (Å²) in [6.45, 7) is 5.60. The molecule has 0 bridgehead atoms. The van der Waals surface area contributed by atoms with Crippen molar-refractivity contribution in [2.45, 2.75) is 77.3 Å². The second-order valence-electron chi connectivity index (χ2n) is 7.26. The quantitative estimate of drug-likeness (QED) is 0.817. The number of aromatic nitrogens is 3. The normalized spacial score (nSPS) is 27.0. The first-order valence-electron chi connectivity index (χ1n) is 8.86. The molecule has 0 amide bonds. The molecule has 2 aliphatic carbocycles. The molecular formula is C17H30N4. The highest BCUT2D eigenvalue weighted by atomic mass is 15.3. The molecule has 1 N–H and O–H groups in total. The molecular weight excluding hydrogens is 260 g/mol. The molecule has 0 spiro atoms. The molecule has 21 heavy (non-hydrogen) atoms. The van der Waals surface area contributed by atoms with Crippen LogP contribution in [-0.2, 0) is 6.42 Å². The first-order valence-corrected chi connectivity index (χ1v) is 8.86. The van der Waals surface area contributed by atoms with Crippen LogP contribution in [0.4, 0.5) is 0 Å². The molecule has 0 aliphatic heterocycles. The smallest absolute Gasteiger partial charge is 0.138 e. The third kappa shape index (κ3) is 4.06. The molecule has 2 atom stereocenters. The van der Waals surface area contributed by atoms with E-state index in [1.807, 2.05) is 0 Å².